The third-order valence-corrected chi connectivity index (χ3v) is 5.07. The molecule has 9 heteroatoms. The van der Waals surface area contributed by atoms with Crippen molar-refractivity contribution in [1.29, 1.82) is 0 Å². The van der Waals surface area contributed by atoms with Crippen molar-refractivity contribution in [3.05, 3.63) is 99.7 Å². The Kier molecular flexibility index (Phi) is 5.81. The molecule has 8 nitrogen and oxygen atoms in total. The summed E-state index contributed by atoms with van der Waals surface area (Å²) in [5.41, 5.74) is 7.05. The highest BCUT2D eigenvalue weighted by Gasteiger charge is 2.11. The van der Waals surface area contributed by atoms with E-state index in [1.165, 1.54) is 22.9 Å². The van der Waals surface area contributed by atoms with Gasteiger partial charge in [-0.1, -0.05) is 41.9 Å². The summed E-state index contributed by atoms with van der Waals surface area (Å²) in [4.78, 5) is 41.1. The summed E-state index contributed by atoms with van der Waals surface area (Å²) in [5.74, 6) is -0.961. The molecule has 2 aromatic carbocycles. The summed E-state index contributed by atoms with van der Waals surface area (Å²) in [6.45, 7) is 0.215. The van der Waals surface area contributed by atoms with Crippen LogP contribution in [0.3, 0.4) is 0 Å². The highest BCUT2D eigenvalue weighted by atomic mass is 35.5. The Morgan fingerprint density at radius 2 is 1.71 bits per heavy atom. The third-order valence-electron chi connectivity index (χ3n) is 4.70. The van der Waals surface area contributed by atoms with Gasteiger partial charge in [0.2, 0.25) is 0 Å². The lowest BCUT2D eigenvalue weighted by molar-refractivity contribution is -0.122. The van der Waals surface area contributed by atoms with Gasteiger partial charge in [0.25, 0.3) is 17.4 Å². The number of benzene rings is 2. The van der Waals surface area contributed by atoms with Gasteiger partial charge in [0.1, 0.15) is 6.54 Å². The van der Waals surface area contributed by atoms with Gasteiger partial charge < -0.3 is 9.13 Å². The van der Waals surface area contributed by atoms with Gasteiger partial charge in [-0.2, -0.15) is 0 Å². The van der Waals surface area contributed by atoms with E-state index in [1.807, 2.05) is 36.4 Å². The second-order valence-corrected chi connectivity index (χ2v) is 7.25. The molecular weight excluding hydrogens is 418 g/mol. The molecule has 4 aromatic rings. The number of carbonyl (C=O) groups excluding carboxylic acids is 2. The first-order valence-corrected chi connectivity index (χ1v) is 9.82. The molecule has 2 heterocycles. The fourth-order valence-corrected chi connectivity index (χ4v) is 3.32. The topological polar surface area (TPSA) is 98.0 Å². The molecule has 2 aromatic heterocycles. The van der Waals surface area contributed by atoms with E-state index in [1.54, 1.807) is 23.0 Å². The number of hydrogen-bond donors (Lipinski definition) is 2. The average molecular weight is 436 g/mol. The van der Waals surface area contributed by atoms with Crippen LogP contribution < -0.4 is 16.4 Å². The number of nitrogens with zero attached hydrogens (tertiary/aromatic N) is 3. The maximum Gasteiger partial charge on any atom is 0.271 e. The molecule has 0 aliphatic rings. The van der Waals surface area contributed by atoms with Crippen LogP contribution in [0.4, 0.5) is 0 Å². The number of fused-ring (bicyclic) bond motifs is 1. The number of aromatic nitrogens is 3. The Hall–Kier alpha value is -3.91. The maximum atomic E-state index is 12.5. The van der Waals surface area contributed by atoms with Crippen LogP contribution in [0, 0.1) is 0 Å². The molecule has 0 saturated carbocycles. The van der Waals surface area contributed by atoms with E-state index in [4.69, 9.17) is 11.6 Å². The first-order valence-electron chi connectivity index (χ1n) is 9.44. The first kappa shape index (κ1) is 20.4. The second kappa shape index (κ2) is 8.85. The minimum Gasteiger partial charge on any atom is -0.321 e. The highest BCUT2D eigenvalue weighted by Crippen LogP contribution is 2.15. The van der Waals surface area contributed by atoms with E-state index in [9.17, 15) is 14.4 Å². The Morgan fingerprint density at radius 1 is 0.935 bits per heavy atom. The van der Waals surface area contributed by atoms with Gasteiger partial charge in [-0.15, -0.1) is 0 Å². The zero-order valence-electron chi connectivity index (χ0n) is 16.3. The zero-order valence-corrected chi connectivity index (χ0v) is 17.0. The van der Waals surface area contributed by atoms with Crippen LogP contribution in [0.5, 0.6) is 0 Å². The van der Waals surface area contributed by atoms with Crippen molar-refractivity contribution < 1.29 is 9.59 Å². The second-order valence-electron chi connectivity index (χ2n) is 6.84. The summed E-state index contributed by atoms with van der Waals surface area (Å²) in [5, 5.41) is 0.531. The van der Waals surface area contributed by atoms with E-state index >= 15 is 0 Å². The van der Waals surface area contributed by atoms with E-state index in [0.717, 1.165) is 16.6 Å². The van der Waals surface area contributed by atoms with Crippen LogP contribution in [0.2, 0.25) is 5.02 Å². The molecule has 0 spiro atoms. The normalized spacial score (nSPS) is 10.7. The average Bonchev–Trinajstić information content (AvgIpc) is 3.18. The molecule has 0 fully saturated rings. The number of rotatable bonds is 5. The summed E-state index contributed by atoms with van der Waals surface area (Å²) >= 11 is 6.16. The number of amides is 2. The standard InChI is InChI=1S/C22H18ClN5O3/c23-17-6-2-1-5-15(17)11-27-12-16(9-10-21(27)30)22(31)26-25-20(29)13-28-14-24-18-7-3-4-8-19(18)28/h1-10,12,14H,11,13H2,(H,25,29)(H,26,31). The maximum absolute atomic E-state index is 12.5. The fourth-order valence-electron chi connectivity index (χ4n) is 3.13. The molecule has 0 unspecified atom stereocenters. The van der Waals surface area contributed by atoms with Crippen molar-refractivity contribution >= 4 is 34.4 Å². The molecule has 31 heavy (non-hydrogen) atoms. The van der Waals surface area contributed by atoms with Crippen LogP contribution >= 0.6 is 11.6 Å². The number of carbonyl (C=O) groups is 2. The van der Waals surface area contributed by atoms with Crippen molar-refractivity contribution in [2.75, 3.05) is 0 Å². The molecule has 2 N–H and O–H groups in total. The number of pyridine rings is 1. The number of para-hydroxylation sites is 2. The molecule has 0 atom stereocenters. The minimum absolute atomic E-state index is 0.00715. The molecule has 0 aliphatic carbocycles. The molecule has 0 aliphatic heterocycles. The van der Waals surface area contributed by atoms with Gasteiger partial charge >= 0.3 is 0 Å². The van der Waals surface area contributed by atoms with Gasteiger partial charge in [-0.05, 0) is 29.8 Å². The van der Waals surface area contributed by atoms with Crippen LogP contribution in [-0.2, 0) is 17.9 Å². The van der Waals surface area contributed by atoms with Crippen LogP contribution in [0.15, 0.2) is 78.0 Å². The van der Waals surface area contributed by atoms with Crippen LogP contribution in [-0.4, -0.2) is 25.9 Å². The quantitative estimate of drug-likeness (QED) is 0.470. The Labute approximate surface area is 182 Å². The van der Waals surface area contributed by atoms with Crippen LogP contribution in [0.1, 0.15) is 15.9 Å². The number of imidazole rings is 1. The number of hydrazine groups is 1. The predicted octanol–water partition coefficient (Wildman–Crippen LogP) is 2.36. The Bertz CT molecular complexity index is 1330. The monoisotopic (exact) mass is 435 g/mol. The predicted molar refractivity (Wildman–Crippen MR) is 117 cm³/mol. The lowest BCUT2D eigenvalue weighted by Crippen LogP contribution is -2.43. The Morgan fingerprint density at radius 3 is 2.55 bits per heavy atom. The molecule has 2 amide bonds. The SMILES string of the molecule is O=C(Cn1cnc2ccccc21)NNC(=O)c1ccc(=O)n(Cc2ccccc2Cl)c1. The van der Waals surface area contributed by atoms with Crippen molar-refractivity contribution in [1.82, 2.24) is 25.0 Å². The number of nitrogens with one attached hydrogen (secondary N) is 2. The third kappa shape index (κ3) is 4.65. The van der Waals surface area contributed by atoms with Crippen molar-refractivity contribution in [3.8, 4) is 0 Å². The molecule has 156 valence electrons. The van der Waals surface area contributed by atoms with E-state index in [0.29, 0.717) is 5.02 Å². The summed E-state index contributed by atoms with van der Waals surface area (Å²) in [7, 11) is 0. The van der Waals surface area contributed by atoms with Crippen molar-refractivity contribution in [2.45, 2.75) is 13.1 Å². The molecule has 0 radical (unpaired) electrons. The molecule has 4 rings (SSSR count). The lowest BCUT2D eigenvalue weighted by Gasteiger charge is -2.11. The smallest absolute Gasteiger partial charge is 0.271 e. The number of hydrogen-bond acceptors (Lipinski definition) is 4. The fraction of sp³-hybridized carbons (Fsp3) is 0.0909. The Balaban J connectivity index is 1.41. The summed E-state index contributed by atoms with van der Waals surface area (Å²) in [6.07, 6.45) is 2.99. The van der Waals surface area contributed by atoms with E-state index in [-0.39, 0.29) is 24.2 Å². The van der Waals surface area contributed by atoms with Gasteiger partial charge in [-0.3, -0.25) is 25.2 Å². The molecule has 0 saturated heterocycles. The highest BCUT2D eigenvalue weighted by molar-refractivity contribution is 6.31. The van der Waals surface area contributed by atoms with E-state index in [2.05, 4.69) is 15.8 Å². The largest absolute Gasteiger partial charge is 0.321 e. The lowest BCUT2D eigenvalue weighted by atomic mass is 10.2. The zero-order chi connectivity index (χ0) is 21.8. The van der Waals surface area contributed by atoms with Gasteiger partial charge in [-0.25, -0.2) is 4.98 Å². The van der Waals surface area contributed by atoms with Gasteiger partial charge in [0.05, 0.1) is 29.5 Å². The van der Waals surface area contributed by atoms with Crippen LogP contribution in [0.25, 0.3) is 11.0 Å². The van der Waals surface area contributed by atoms with Crippen molar-refractivity contribution in [3.63, 3.8) is 0 Å². The van der Waals surface area contributed by atoms with Gasteiger partial charge in [0.15, 0.2) is 0 Å². The summed E-state index contributed by atoms with van der Waals surface area (Å²) in [6, 6.07) is 17.3. The molecular formula is C22H18ClN5O3. The van der Waals surface area contributed by atoms with E-state index < -0.39 is 11.8 Å². The first-order chi connectivity index (χ1) is 15.0. The van der Waals surface area contributed by atoms with Crippen molar-refractivity contribution in [2.24, 2.45) is 0 Å². The molecule has 0 bridgehead atoms. The van der Waals surface area contributed by atoms with Gasteiger partial charge in [0, 0.05) is 17.3 Å². The number of halogens is 1. The minimum atomic E-state index is -0.545. The summed E-state index contributed by atoms with van der Waals surface area (Å²) < 4.78 is 3.07.